The van der Waals surface area contributed by atoms with Gasteiger partial charge in [-0.25, -0.2) is 0 Å². The summed E-state index contributed by atoms with van der Waals surface area (Å²) >= 11 is 6.28. The largest absolute Gasteiger partial charge is 0.292 e. The van der Waals surface area contributed by atoms with Crippen molar-refractivity contribution in [1.82, 2.24) is 10.9 Å². The van der Waals surface area contributed by atoms with Crippen molar-refractivity contribution >= 4 is 34.5 Å². The fraction of sp³-hybridized carbons (Fsp3) is 0.250. The molecule has 0 unspecified atom stereocenters. The minimum Gasteiger partial charge on any atom is -0.292 e. The van der Waals surface area contributed by atoms with E-state index >= 15 is 0 Å². The van der Waals surface area contributed by atoms with Crippen molar-refractivity contribution in [1.29, 1.82) is 0 Å². The van der Waals surface area contributed by atoms with Crippen LogP contribution in [0.2, 0.25) is 0 Å². The van der Waals surface area contributed by atoms with E-state index < -0.39 is 0 Å². The van der Waals surface area contributed by atoms with Crippen LogP contribution in [-0.2, 0) is 0 Å². The van der Waals surface area contributed by atoms with Crippen molar-refractivity contribution in [3.63, 3.8) is 0 Å². The van der Waals surface area contributed by atoms with Gasteiger partial charge in [-0.05, 0) is 17.9 Å². The molecule has 0 aliphatic heterocycles. The molecule has 70 valence electrons. The van der Waals surface area contributed by atoms with Crippen molar-refractivity contribution in [3.8, 4) is 0 Å². The zero-order valence-electron chi connectivity index (χ0n) is 7.16. The zero-order chi connectivity index (χ0) is 9.68. The van der Waals surface area contributed by atoms with Gasteiger partial charge in [0.2, 0.25) is 0 Å². The molecular formula is C8H10N2OS2. The molecule has 0 saturated carbocycles. The Kier molecular flexibility index (Phi) is 3.85. The predicted molar refractivity (Wildman–Crippen MR) is 57.8 cm³/mol. The molecule has 0 aliphatic rings. The molecule has 0 spiro atoms. The van der Waals surface area contributed by atoms with Gasteiger partial charge in [0.1, 0.15) is 0 Å². The van der Waals surface area contributed by atoms with Crippen molar-refractivity contribution in [3.05, 3.63) is 22.4 Å². The highest BCUT2D eigenvalue weighted by Crippen LogP contribution is 2.06. The van der Waals surface area contributed by atoms with Gasteiger partial charge in [0, 0.05) is 0 Å². The number of nitrogens with one attached hydrogen (secondary N) is 2. The molecule has 13 heavy (non-hydrogen) atoms. The lowest BCUT2D eigenvalue weighted by molar-refractivity contribution is 0.0948. The normalized spacial score (nSPS) is 9.31. The zero-order valence-corrected chi connectivity index (χ0v) is 8.80. The standard InChI is InChI=1S/C8H10N2OS2/c1-2-7(12)9-10-8(11)6-4-3-5-13-6/h3-5H,2H2,1H3,(H,9,12)(H,10,11). The number of carbonyl (C=O) groups excluding carboxylic acids is 1. The third-order valence-electron chi connectivity index (χ3n) is 1.38. The molecule has 2 N–H and O–H groups in total. The molecule has 1 aromatic rings. The fourth-order valence-corrected chi connectivity index (χ4v) is 1.35. The van der Waals surface area contributed by atoms with Gasteiger partial charge < -0.3 is 0 Å². The maximum atomic E-state index is 11.3. The Morgan fingerprint density at radius 2 is 2.38 bits per heavy atom. The second-order valence-corrected chi connectivity index (χ2v) is 3.77. The van der Waals surface area contributed by atoms with E-state index in [0.29, 0.717) is 9.87 Å². The van der Waals surface area contributed by atoms with Crippen molar-refractivity contribution in [2.45, 2.75) is 13.3 Å². The van der Waals surface area contributed by atoms with E-state index in [4.69, 9.17) is 12.2 Å². The second kappa shape index (κ2) is 4.94. The molecule has 1 aromatic heterocycles. The van der Waals surface area contributed by atoms with Crippen LogP contribution in [0.3, 0.4) is 0 Å². The summed E-state index contributed by atoms with van der Waals surface area (Å²) in [6, 6.07) is 3.59. The van der Waals surface area contributed by atoms with Gasteiger partial charge in [0.15, 0.2) is 0 Å². The lowest BCUT2D eigenvalue weighted by Gasteiger charge is -2.05. The molecule has 0 fully saturated rings. The molecule has 0 saturated heterocycles. The van der Waals surface area contributed by atoms with E-state index in [2.05, 4.69) is 10.9 Å². The number of rotatable bonds is 2. The van der Waals surface area contributed by atoms with Gasteiger partial charge in [-0.3, -0.25) is 15.6 Å². The van der Waals surface area contributed by atoms with Gasteiger partial charge in [-0.15, -0.1) is 11.3 Å². The van der Waals surface area contributed by atoms with Crippen LogP contribution < -0.4 is 10.9 Å². The molecule has 3 nitrogen and oxygen atoms in total. The molecule has 1 amide bonds. The van der Waals surface area contributed by atoms with Gasteiger partial charge in [-0.1, -0.05) is 25.2 Å². The number of amides is 1. The van der Waals surface area contributed by atoms with Crippen LogP contribution in [0.1, 0.15) is 23.0 Å². The van der Waals surface area contributed by atoms with E-state index in [9.17, 15) is 4.79 Å². The first-order chi connectivity index (χ1) is 6.24. The van der Waals surface area contributed by atoms with Crippen LogP contribution in [-0.4, -0.2) is 10.9 Å². The number of thiophene rings is 1. The Hall–Kier alpha value is -0.940. The van der Waals surface area contributed by atoms with Crippen molar-refractivity contribution in [2.24, 2.45) is 0 Å². The molecule has 1 rings (SSSR count). The summed E-state index contributed by atoms with van der Waals surface area (Å²) in [4.78, 5) is 12.6. The average Bonchev–Trinajstić information content (AvgIpc) is 2.66. The quantitative estimate of drug-likeness (QED) is 0.582. The highest BCUT2D eigenvalue weighted by atomic mass is 32.1. The van der Waals surface area contributed by atoms with Crippen LogP contribution >= 0.6 is 23.6 Å². The summed E-state index contributed by atoms with van der Waals surface area (Å²) in [6.45, 7) is 1.92. The Morgan fingerprint density at radius 3 is 2.92 bits per heavy atom. The Morgan fingerprint density at radius 1 is 1.62 bits per heavy atom. The SMILES string of the molecule is CCC(=S)NNC(=O)c1cccs1. The molecule has 0 aromatic carbocycles. The summed E-state index contributed by atoms with van der Waals surface area (Å²) < 4.78 is 0. The first-order valence-corrected chi connectivity index (χ1v) is 5.15. The molecule has 5 heteroatoms. The topological polar surface area (TPSA) is 41.1 Å². The van der Waals surface area contributed by atoms with E-state index in [1.54, 1.807) is 6.07 Å². The van der Waals surface area contributed by atoms with Crippen LogP contribution in [0, 0.1) is 0 Å². The molecule has 0 atom stereocenters. The van der Waals surface area contributed by atoms with Crippen LogP contribution in [0.15, 0.2) is 17.5 Å². The Bertz CT molecular complexity index is 295. The lowest BCUT2D eigenvalue weighted by atomic mass is 10.4. The number of hydrogen-bond donors (Lipinski definition) is 2. The first kappa shape index (κ1) is 10.1. The van der Waals surface area contributed by atoms with Crippen LogP contribution in [0.5, 0.6) is 0 Å². The average molecular weight is 214 g/mol. The van der Waals surface area contributed by atoms with Gasteiger partial charge >= 0.3 is 0 Å². The monoisotopic (exact) mass is 214 g/mol. The number of hydrogen-bond acceptors (Lipinski definition) is 3. The summed E-state index contributed by atoms with van der Waals surface area (Å²) in [5.74, 6) is -0.147. The van der Waals surface area contributed by atoms with Gasteiger partial charge in [0.05, 0.1) is 9.87 Å². The number of thiocarbonyl (C=S) groups is 1. The van der Waals surface area contributed by atoms with Crippen molar-refractivity contribution in [2.75, 3.05) is 0 Å². The highest BCUT2D eigenvalue weighted by molar-refractivity contribution is 7.80. The number of hydrazine groups is 1. The molecule has 0 bridgehead atoms. The van der Waals surface area contributed by atoms with E-state index in [1.807, 2.05) is 18.4 Å². The summed E-state index contributed by atoms with van der Waals surface area (Å²) in [5.41, 5.74) is 5.17. The van der Waals surface area contributed by atoms with E-state index in [1.165, 1.54) is 11.3 Å². The third-order valence-corrected chi connectivity index (χ3v) is 2.64. The fourth-order valence-electron chi connectivity index (χ4n) is 0.684. The minimum absolute atomic E-state index is 0.147. The highest BCUT2D eigenvalue weighted by Gasteiger charge is 2.04. The summed E-state index contributed by atoms with van der Waals surface area (Å²) in [5, 5.41) is 1.85. The van der Waals surface area contributed by atoms with Crippen molar-refractivity contribution < 1.29 is 4.79 Å². The molecule has 0 radical (unpaired) electrons. The summed E-state index contributed by atoms with van der Waals surface area (Å²) in [6.07, 6.45) is 0.722. The third kappa shape index (κ3) is 3.12. The van der Waals surface area contributed by atoms with Gasteiger partial charge in [0.25, 0.3) is 5.91 Å². The Labute approximate surface area is 86.1 Å². The van der Waals surface area contributed by atoms with E-state index in [0.717, 1.165) is 6.42 Å². The second-order valence-electron chi connectivity index (χ2n) is 2.33. The lowest BCUT2D eigenvalue weighted by Crippen LogP contribution is -2.40. The van der Waals surface area contributed by atoms with Crippen LogP contribution in [0.25, 0.3) is 0 Å². The van der Waals surface area contributed by atoms with E-state index in [-0.39, 0.29) is 5.91 Å². The maximum Gasteiger partial charge on any atom is 0.279 e. The van der Waals surface area contributed by atoms with Gasteiger partial charge in [-0.2, -0.15) is 0 Å². The number of carbonyl (C=O) groups is 1. The predicted octanol–water partition coefficient (Wildman–Crippen LogP) is 1.72. The first-order valence-electron chi connectivity index (χ1n) is 3.86. The van der Waals surface area contributed by atoms with Crippen LogP contribution in [0.4, 0.5) is 0 Å². The summed E-state index contributed by atoms with van der Waals surface area (Å²) in [7, 11) is 0. The maximum absolute atomic E-state index is 11.3. The molecule has 0 aliphatic carbocycles. The minimum atomic E-state index is -0.147. The molecular weight excluding hydrogens is 204 g/mol. The Balaban J connectivity index is 2.39. The molecule has 1 heterocycles. The smallest absolute Gasteiger partial charge is 0.279 e.